The lowest BCUT2D eigenvalue weighted by atomic mass is 9.87. The fourth-order valence-corrected chi connectivity index (χ4v) is 4.04. The van der Waals surface area contributed by atoms with E-state index >= 15 is 0 Å². The van der Waals surface area contributed by atoms with E-state index < -0.39 is 0 Å². The van der Waals surface area contributed by atoms with Crippen molar-refractivity contribution in [2.24, 2.45) is 5.92 Å². The van der Waals surface area contributed by atoms with Gasteiger partial charge in [-0.1, -0.05) is 42.8 Å². The molecule has 1 aliphatic rings. The predicted octanol–water partition coefficient (Wildman–Crippen LogP) is 6.54. The molecule has 0 unspecified atom stereocenters. The van der Waals surface area contributed by atoms with Crippen LogP contribution in [-0.2, 0) is 6.54 Å². The lowest BCUT2D eigenvalue weighted by Crippen LogP contribution is -2.25. The second kappa shape index (κ2) is 9.43. The summed E-state index contributed by atoms with van der Waals surface area (Å²) in [6.07, 6.45) is 6.49. The summed E-state index contributed by atoms with van der Waals surface area (Å²) < 4.78 is 13.9. The molecule has 2 aromatic heterocycles. The Morgan fingerprint density at radius 3 is 2.63 bits per heavy atom. The molecular formula is C24H26ClFN4. The van der Waals surface area contributed by atoms with Crippen LogP contribution in [0.4, 0.5) is 16.0 Å². The van der Waals surface area contributed by atoms with Crippen LogP contribution in [-0.4, -0.2) is 16.0 Å². The van der Waals surface area contributed by atoms with Crippen LogP contribution in [0.2, 0.25) is 5.02 Å². The van der Waals surface area contributed by atoms with Crippen molar-refractivity contribution in [2.45, 2.75) is 45.2 Å². The van der Waals surface area contributed by atoms with Gasteiger partial charge in [0.1, 0.15) is 17.5 Å². The third-order valence-corrected chi connectivity index (χ3v) is 5.97. The molecule has 2 N–H and O–H groups in total. The molecule has 0 radical (unpaired) electrons. The highest BCUT2D eigenvalue weighted by Gasteiger charge is 2.19. The third-order valence-electron chi connectivity index (χ3n) is 5.67. The smallest absolute Gasteiger partial charge is 0.128 e. The first-order valence-electron chi connectivity index (χ1n) is 10.5. The molecule has 3 aromatic rings. The Kier molecular flexibility index (Phi) is 6.48. The van der Waals surface area contributed by atoms with Gasteiger partial charge in [0.25, 0.3) is 0 Å². The van der Waals surface area contributed by atoms with Crippen LogP contribution < -0.4 is 10.6 Å². The van der Waals surface area contributed by atoms with Gasteiger partial charge in [-0.25, -0.2) is 14.4 Å². The highest BCUT2D eigenvalue weighted by molar-refractivity contribution is 6.33. The molecule has 2 heterocycles. The monoisotopic (exact) mass is 424 g/mol. The van der Waals surface area contributed by atoms with Gasteiger partial charge in [0.15, 0.2) is 0 Å². The maximum atomic E-state index is 13.9. The zero-order valence-corrected chi connectivity index (χ0v) is 17.8. The maximum absolute atomic E-state index is 13.9. The van der Waals surface area contributed by atoms with Crippen LogP contribution in [0.15, 0.2) is 54.7 Å². The van der Waals surface area contributed by atoms with Crippen LogP contribution >= 0.6 is 11.6 Å². The maximum Gasteiger partial charge on any atom is 0.128 e. The second-order valence-corrected chi connectivity index (χ2v) is 8.41. The van der Waals surface area contributed by atoms with Crippen LogP contribution in [0.5, 0.6) is 0 Å². The number of halogens is 2. The number of rotatable bonds is 6. The molecule has 30 heavy (non-hydrogen) atoms. The minimum absolute atomic E-state index is 0.230. The number of anilines is 2. The van der Waals surface area contributed by atoms with E-state index in [1.165, 1.54) is 18.9 Å². The van der Waals surface area contributed by atoms with E-state index in [0.717, 1.165) is 35.8 Å². The summed E-state index contributed by atoms with van der Waals surface area (Å²) in [6.45, 7) is 2.67. The van der Waals surface area contributed by atoms with Crippen molar-refractivity contribution in [1.82, 2.24) is 9.97 Å². The molecule has 4 rings (SSSR count). The summed E-state index contributed by atoms with van der Waals surface area (Å²) in [5.41, 5.74) is 2.18. The molecule has 1 aliphatic carbocycles. The van der Waals surface area contributed by atoms with E-state index in [-0.39, 0.29) is 5.82 Å². The quantitative estimate of drug-likeness (QED) is 0.471. The molecule has 1 aromatic carbocycles. The number of pyridine rings is 2. The SMILES string of the molecule is CC1CCC(Nc2cc(-c3cccc(NCc4ccccc4F)n3)c(Cl)cn2)CC1. The van der Waals surface area contributed by atoms with E-state index in [0.29, 0.717) is 29.0 Å². The van der Waals surface area contributed by atoms with E-state index in [9.17, 15) is 4.39 Å². The Morgan fingerprint density at radius 2 is 1.83 bits per heavy atom. The number of hydrogen-bond donors (Lipinski definition) is 2. The largest absolute Gasteiger partial charge is 0.367 e. The van der Waals surface area contributed by atoms with E-state index in [4.69, 9.17) is 11.6 Å². The van der Waals surface area contributed by atoms with Crippen LogP contribution in [0, 0.1) is 11.7 Å². The van der Waals surface area contributed by atoms with E-state index in [1.54, 1.807) is 18.3 Å². The molecule has 1 fully saturated rings. The van der Waals surface area contributed by atoms with Gasteiger partial charge in [-0.05, 0) is 55.9 Å². The van der Waals surface area contributed by atoms with Crippen molar-refractivity contribution in [3.63, 3.8) is 0 Å². The molecule has 156 valence electrons. The van der Waals surface area contributed by atoms with Crippen molar-refractivity contribution in [3.05, 3.63) is 71.1 Å². The molecule has 0 atom stereocenters. The summed E-state index contributed by atoms with van der Waals surface area (Å²) in [5.74, 6) is 2.06. The molecule has 0 saturated heterocycles. The molecule has 0 amide bonds. The van der Waals surface area contributed by atoms with E-state index in [1.807, 2.05) is 30.3 Å². The summed E-state index contributed by atoms with van der Waals surface area (Å²) in [6, 6.07) is 14.8. The Hall–Kier alpha value is -2.66. The molecular weight excluding hydrogens is 399 g/mol. The Balaban J connectivity index is 1.49. The van der Waals surface area contributed by atoms with Crippen molar-refractivity contribution in [2.75, 3.05) is 10.6 Å². The van der Waals surface area contributed by atoms with Crippen molar-refractivity contribution >= 4 is 23.2 Å². The van der Waals surface area contributed by atoms with Gasteiger partial charge in [0.05, 0.1) is 10.7 Å². The van der Waals surface area contributed by atoms with Crippen molar-refractivity contribution < 1.29 is 4.39 Å². The number of benzene rings is 1. The van der Waals surface area contributed by atoms with Gasteiger partial charge in [-0.2, -0.15) is 0 Å². The molecule has 4 nitrogen and oxygen atoms in total. The number of hydrogen-bond acceptors (Lipinski definition) is 4. The van der Waals surface area contributed by atoms with Crippen molar-refractivity contribution in [1.29, 1.82) is 0 Å². The number of aromatic nitrogens is 2. The van der Waals surface area contributed by atoms with Gasteiger partial charge in [-0.3, -0.25) is 0 Å². The van der Waals surface area contributed by atoms with Crippen LogP contribution in [0.3, 0.4) is 0 Å². The fourth-order valence-electron chi connectivity index (χ4n) is 3.84. The van der Waals surface area contributed by atoms with Crippen LogP contribution in [0.25, 0.3) is 11.3 Å². The topological polar surface area (TPSA) is 49.8 Å². The van der Waals surface area contributed by atoms with Gasteiger partial charge in [-0.15, -0.1) is 0 Å². The third kappa shape index (κ3) is 5.08. The summed E-state index contributed by atoms with van der Waals surface area (Å²) in [4.78, 5) is 9.13. The average Bonchev–Trinajstić information content (AvgIpc) is 2.76. The Labute approximate surface area is 181 Å². The van der Waals surface area contributed by atoms with Crippen LogP contribution in [0.1, 0.15) is 38.2 Å². The molecule has 0 bridgehead atoms. The summed E-state index contributed by atoms with van der Waals surface area (Å²) >= 11 is 6.44. The van der Waals surface area contributed by atoms with Gasteiger partial charge >= 0.3 is 0 Å². The van der Waals surface area contributed by atoms with Crippen molar-refractivity contribution in [3.8, 4) is 11.3 Å². The standard InChI is InChI=1S/C24H26ClFN4/c1-16-9-11-18(12-10-16)29-24-13-19(20(25)15-28-24)22-7-4-8-23(30-22)27-14-17-5-2-3-6-21(17)26/h2-8,13,15-16,18H,9-12,14H2,1H3,(H,27,30)(H,28,29). The minimum Gasteiger partial charge on any atom is -0.367 e. The molecule has 0 aliphatic heterocycles. The van der Waals surface area contributed by atoms with E-state index in [2.05, 4.69) is 27.5 Å². The molecule has 6 heteroatoms. The zero-order chi connectivity index (χ0) is 20.9. The molecule has 1 saturated carbocycles. The Bertz CT molecular complexity index is 1000. The average molecular weight is 425 g/mol. The molecule has 0 spiro atoms. The lowest BCUT2D eigenvalue weighted by molar-refractivity contribution is 0.361. The lowest BCUT2D eigenvalue weighted by Gasteiger charge is -2.27. The highest BCUT2D eigenvalue weighted by atomic mass is 35.5. The first kappa shape index (κ1) is 20.6. The van der Waals surface area contributed by atoms with Gasteiger partial charge < -0.3 is 10.6 Å². The van der Waals surface area contributed by atoms with Gasteiger partial charge in [0.2, 0.25) is 0 Å². The summed E-state index contributed by atoms with van der Waals surface area (Å²) in [7, 11) is 0. The number of nitrogens with zero attached hydrogens (tertiary/aromatic N) is 2. The first-order chi connectivity index (χ1) is 14.6. The summed E-state index contributed by atoms with van der Waals surface area (Å²) in [5, 5.41) is 7.29. The predicted molar refractivity (Wildman–Crippen MR) is 121 cm³/mol. The zero-order valence-electron chi connectivity index (χ0n) is 17.0. The fraction of sp³-hybridized carbons (Fsp3) is 0.333. The number of nitrogens with one attached hydrogen (secondary N) is 2. The minimum atomic E-state index is -0.230. The van der Waals surface area contributed by atoms with Gasteiger partial charge in [0, 0.05) is 29.9 Å². The second-order valence-electron chi connectivity index (χ2n) is 8.00. The highest BCUT2D eigenvalue weighted by Crippen LogP contribution is 2.31. The first-order valence-corrected chi connectivity index (χ1v) is 10.8. The Morgan fingerprint density at radius 1 is 1.03 bits per heavy atom. The normalized spacial score (nSPS) is 18.8.